The number of ketones is 1. The van der Waals surface area contributed by atoms with E-state index in [1.165, 1.54) is 0 Å². The van der Waals surface area contributed by atoms with Gasteiger partial charge in [0, 0.05) is 27.6 Å². The number of phenols is 1. The number of rotatable bonds is 1. The van der Waals surface area contributed by atoms with Crippen molar-refractivity contribution in [1.82, 2.24) is 0 Å². The number of carbonyl (C=O) groups is 1. The lowest BCUT2D eigenvalue weighted by atomic mass is 10.1. The van der Waals surface area contributed by atoms with Crippen molar-refractivity contribution in [3.05, 3.63) is 69.2 Å². The third kappa shape index (κ3) is 2.22. The first-order valence-electron chi connectivity index (χ1n) is 5.97. The van der Waals surface area contributed by atoms with Gasteiger partial charge in [-0.1, -0.05) is 40.2 Å². The highest BCUT2D eigenvalue weighted by Crippen LogP contribution is 2.33. The van der Waals surface area contributed by atoms with Gasteiger partial charge in [-0.2, -0.15) is 0 Å². The fourth-order valence-corrected chi connectivity index (χ4v) is 2.75. The molecule has 19 heavy (non-hydrogen) atoms. The molecule has 0 aliphatic heterocycles. The Morgan fingerprint density at radius 1 is 1.16 bits per heavy atom. The summed E-state index contributed by atoms with van der Waals surface area (Å²) >= 11 is 3.41. The minimum Gasteiger partial charge on any atom is -0.508 e. The van der Waals surface area contributed by atoms with Gasteiger partial charge >= 0.3 is 0 Å². The number of carbonyl (C=O) groups excluding carboxylic acids is 1. The molecule has 0 radical (unpaired) electrons. The summed E-state index contributed by atoms with van der Waals surface area (Å²) < 4.78 is 0.979. The summed E-state index contributed by atoms with van der Waals surface area (Å²) in [5, 5.41) is 9.79. The SMILES string of the molecule is O=C1/C(=C\c2cccc(Br)c2)Cc2c(O)cccc21. The number of aromatic hydroxyl groups is 1. The monoisotopic (exact) mass is 314 g/mol. The molecule has 1 aliphatic carbocycles. The highest BCUT2D eigenvalue weighted by atomic mass is 79.9. The molecule has 0 amide bonds. The number of fused-ring (bicyclic) bond motifs is 1. The molecule has 0 saturated heterocycles. The quantitative estimate of drug-likeness (QED) is 0.808. The molecule has 3 heteroatoms. The molecule has 94 valence electrons. The summed E-state index contributed by atoms with van der Waals surface area (Å²) in [4.78, 5) is 12.2. The Balaban J connectivity index is 2.02. The molecular weight excluding hydrogens is 304 g/mol. The van der Waals surface area contributed by atoms with Crippen LogP contribution in [0.1, 0.15) is 21.5 Å². The van der Waals surface area contributed by atoms with Crippen LogP contribution in [0.5, 0.6) is 5.75 Å². The molecule has 0 heterocycles. The summed E-state index contributed by atoms with van der Waals surface area (Å²) in [7, 11) is 0. The number of allylic oxidation sites excluding steroid dienone is 1. The summed E-state index contributed by atoms with van der Waals surface area (Å²) in [6.07, 6.45) is 2.37. The molecule has 0 aromatic heterocycles. The van der Waals surface area contributed by atoms with E-state index in [-0.39, 0.29) is 11.5 Å². The molecule has 1 aliphatic rings. The molecule has 2 aromatic carbocycles. The highest BCUT2D eigenvalue weighted by Gasteiger charge is 2.26. The fourth-order valence-electron chi connectivity index (χ4n) is 2.33. The van der Waals surface area contributed by atoms with Crippen LogP contribution in [0.4, 0.5) is 0 Å². The van der Waals surface area contributed by atoms with Crippen molar-refractivity contribution in [2.24, 2.45) is 0 Å². The van der Waals surface area contributed by atoms with E-state index in [0.29, 0.717) is 12.0 Å². The first-order chi connectivity index (χ1) is 9.15. The molecule has 0 saturated carbocycles. The predicted octanol–water partition coefficient (Wildman–Crippen LogP) is 3.98. The molecule has 3 rings (SSSR count). The minimum atomic E-state index is 0.00544. The van der Waals surface area contributed by atoms with E-state index in [1.54, 1.807) is 18.2 Å². The van der Waals surface area contributed by atoms with Gasteiger partial charge in [-0.05, 0) is 29.8 Å². The van der Waals surface area contributed by atoms with Gasteiger partial charge in [0.15, 0.2) is 5.78 Å². The van der Waals surface area contributed by atoms with Gasteiger partial charge in [-0.15, -0.1) is 0 Å². The number of hydrogen-bond donors (Lipinski definition) is 1. The van der Waals surface area contributed by atoms with Crippen molar-refractivity contribution in [2.75, 3.05) is 0 Å². The zero-order valence-corrected chi connectivity index (χ0v) is 11.6. The average Bonchev–Trinajstić information content (AvgIpc) is 2.69. The first-order valence-corrected chi connectivity index (χ1v) is 6.76. The Labute approximate surface area is 119 Å². The Morgan fingerprint density at radius 3 is 2.68 bits per heavy atom. The molecule has 1 N–H and O–H groups in total. The predicted molar refractivity (Wildman–Crippen MR) is 78.3 cm³/mol. The van der Waals surface area contributed by atoms with Crippen LogP contribution < -0.4 is 0 Å². The van der Waals surface area contributed by atoms with Crippen LogP contribution in [0, 0.1) is 0 Å². The summed E-state index contributed by atoms with van der Waals surface area (Å²) in [5.41, 5.74) is 3.04. The summed E-state index contributed by atoms with van der Waals surface area (Å²) in [5.74, 6) is 0.203. The van der Waals surface area contributed by atoms with Gasteiger partial charge in [-0.3, -0.25) is 4.79 Å². The van der Waals surface area contributed by atoms with E-state index >= 15 is 0 Å². The van der Waals surface area contributed by atoms with Crippen LogP contribution in [0.25, 0.3) is 6.08 Å². The van der Waals surface area contributed by atoms with Crippen molar-refractivity contribution in [2.45, 2.75) is 6.42 Å². The van der Waals surface area contributed by atoms with Crippen LogP contribution in [0.2, 0.25) is 0 Å². The second kappa shape index (κ2) is 4.67. The number of phenolic OH excluding ortho intramolecular Hbond substituents is 1. The van der Waals surface area contributed by atoms with Crippen molar-refractivity contribution in [1.29, 1.82) is 0 Å². The molecular formula is C16H11BrO2. The van der Waals surface area contributed by atoms with Crippen molar-refractivity contribution >= 4 is 27.8 Å². The standard InChI is InChI=1S/C16H11BrO2/c17-12-4-1-3-10(8-12)7-11-9-14-13(16(11)19)5-2-6-15(14)18/h1-8,18H,9H2/b11-7-. The Bertz CT molecular complexity index is 702. The minimum absolute atomic E-state index is 0.00544. The van der Waals surface area contributed by atoms with Crippen LogP contribution in [-0.4, -0.2) is 10.9 Å². The fraction of sp³-hybridized carbons (Fsp3) is 0.0625. The first kappa shape index (κ1) is 12.2. The molecule has 0 fully saturated rings. The zero-order valence-electron chi connectivity index (χ0n) is 10.1. The maximum absolute atomic E-state index is 12.2. The van der Waals surface area contributed by atoms with Crippen molar-refractivity contribution in [3.63, 3.8) is 0 Å². The van der Waals surface area contributed by atoms with Crippen LogP contribution in [-0.2, 0) is 6.42 Å². The van der Waals surface area contributed by atoms with E-state index in [4.69, 9.17) is 0 Å². The van der Waals surface area contributed by atoms with Crippen molar-refractivity contribution < 1.29 is 9.90 Å². The van der Waals surface area contributed by atoms with E-state index < -0.39 is 0 Å². The third-order valence-corrected chi connectivity index (χ3v) is 3.74. The Kier molecular flexibility index (Phi) is 2.99. The normalized spacial score (nSPS) is 15.8. The number of halogens is 1. The topological polar surface area (TPSA) is 37.3 Å². The molecule has 2 aromatic rings. The zero-order chi connectivity index (χ0) is 13.4. The molecule has 2 nitrogen and oxygen atoms in total. The van der Waals surface area contributed by atoms with Gasteiger partial charge in [-0.25, -0.2) is 0 Å². The Hall–Kier alpha value is -1.87. The smallest absolute Gasteiger partial charge is 0.189 e. The second-order valence-electron chi connectivity index (χ2n) is 4.53. The lowest BCUT2D eigenvalue weighted by Gasteiger charge is -1.98. The van der Waals surface area contributed by atoms with Gasteiger partial charge in [0.2, 0.25) is 0 Å². The van der Waals surface area contributed by atoms with Crippen LogP contribution in [0.15, 0.2) is 52.5 Å². The van der Waals surface area contributed by atoms with E-state index in [0.717, 1.165) is 21.2 Å². The van der Waals surface area contributed by atoms with Crippen molar-refractivity contribution in [3.8, 4) is 5.75 Å². The van der Waals surface area contributed by atoms with Gasteiger partial charge in [0.05, 0.1) is 0 Å². The molecule has 0 bridgehead atoms. The maximum atomic E-state index is 12.2. The van der Waals surface area contributed by atoms with E-state index in [1.807, 2.05) is 30.3 Å². The highest BCUT2D eigenvalue weighted by molar-refractivity contribution is 9.10. The second-order valence-corrected chi connectivity index (χ2v) is 5.45. The lowest BCUT2D eigenvalue weighted by Crippen LogP contribution is -1.94. The van der Waals surface area contributed by atoms with Gasteiger partial charge in [0.1, 0.15) is 5.75 Å². The molecule has 0 atom stereocenters. The van der Waals surface area contributed by atoms with E-state index in [2.05, 4.69) is 15.9 Å². The summed E-state index contributed by atoms with van der Waals surface area (Å²) in [6, 6.07) is 12.9. The lowest BCUT2D eigenvalue weighted by molar-refractivity contribution is 0.104. The number of hydrogen-bond acceptors (Lipinski definition) is 2. The van der Waals surface area contributed by atoms with E-state index in [9.17, 15) is 9.90 Å². The number of benzene rings is 2. The third-order valence-electron chi connectivity index (χ3n) is 3.24. The largest absolute Gasteiger partial charge is 0.508 e. The van der Waals surface area contributed by atoms with Gasteiger partial charge < -0.3 is 5.11 Å². The van der Waals surface area contributed by atoms with Gasteiger partial charge in [0.25, 0.3) is 0 Å². The Morgan fingerprint density at radius 2 is 1.95 bits per heavy atom. The molecule has 0 unspecified atom stereocenters. The van der Waals surface area contributed by atoms with Crippen LogP contribution >= 0.6 is 15.9 Å². The maximum Gasteiger partial charge on any atom is 0.189 e. The van der Waals surface area contributed by atoms with Crippen LogP contribution in [0.3, 0.4) is 0 Å². The summed E-state index contributed by atoms with van der Waals surface area (Å²) in [6.45, 7) is 0. The number of Topliss-reactive ketones (excluding diaryl/α,β-unsaturated/α-hetero) is 1. The average molecular weight is 315 g/mol. The molecule has 0 spiro atoms.